The van der Waals surface area contributed by atoms with Crippen LogP contribution in [0.5, 0.6) is 0 Å². The molecule has 1 N–H and O–H groups in total. The van der Waals surface area contributed by atoms with Gasteiger partial charge in [-0.15, -0.1) is 21.5 Å². The molecule has 1 saturated carbocycles. The highest BCUT2D eigenvalue weighted by Crippen LogP contribution is 2.38. The number of rotatable bonds is 6. The highest BCUT2D eigenvalue weighted by molar-refractivity contribution is 7.91. The Balaban J connectivity index is 1.63. The summed E-state index contributed by atoms with van der Waals surface area (Å²) in [5.74, 6) is 1.44. The average Bonchev–Trinajstić information content (AvgIpc) is 3.07. The molecule has 0 atom stereocenters. The van der Waals surface area contributed by atoms with Crippen molar-refractivity contribution in [2.75, 3.05) is 6.54 Å². The zero-order valence-corrected chi connectivity index (χ0v) is 13.8. The fraction of sp³-hybridized carbons (Fsp3) is 0.500. The smallest absolute Gasteiger partial charge is 0.250 e. The van der Waals surface area contributed by atoms with Crippen molar-refractivity contribution in [3.63, 3.8) is 0 Å². The molecule has 114 valence electrons. The molecule has 2 aromatic heterocycles. The fourth-order valence-electron chi connectivity index (χ4n) is 2.03. The lowest BCUT2D eigenvalue weighted by molar-refractivity contribution is 0.571. The Bertz CT molecular complexity index is 730. The summed E-state index contributed by atoms with van der Waals surface area (Å²) < 4.78 is 29.6. The van der Waals surface area contributed by atoms with Gasteiger partial charge in [-0.3, -0.25) is 0 Å². The summed E-state index contributed by atoms with van der Waals surface area (Å²) in [6.45, 7) is 2.61. The van der Waals surface area contributed by atoms with Crippen LogP contribution >= 0.6 is 22.9 Å². The molecule has 0 bridgehead atoms. The molecule has 2 heterocycles. The normalized spacial score (nSPS) is 15.5. The Morgan fingerprint density at radius 1 is 1.52 bits per heavy atom. The Hall–Kier alpha value is -0.960. The Labute approximate surface area is 132 Å². The van der Waals surface area contributed by atoms with Crippen molar-refractivity contribution < 1.29 is 8.42 Å². The van der Waals surface area contributed by atoms with Crippen LogP contribution in [0.2, 0.25) is 4.34 Å². The zero-order valence-electron chi connectivity index (χ0n) is 11.4. The first-order valence-electron chi connectivity index (χ1n) is 6.60. The maximum atomic E-state index is 12.2. The number of nitrogens with zero attached hydrogens (tertiary/aromatic N) is 3. The van der Waals surface area contributed by atoms with Crippen LogP contribution in [-0.4, -0.2) is 29.7 Å². The van der Waals surface area contributed by atoms with E-state index in [0.717, 1.165) is 35.6 Å². The van der Waals surface area contributed by atoms with E-state index in [1.807, 2.05) is 4.57 Å². The molecule has 9 heteroatoms. The van der Waals surface area contributed by atoms with Crippen LogP contribution in [0.4, 0.5) is 0 Å². The van der Waals surface area contributed by atoms with Crippen LogP contribution in [0.1, 0.15) is 30.1 Å². The van der Waals surface area contributed by atoms with Crippen molar-refractivity contribution in [3.8, 4) is 0 Å². The number of sulfonamides is 1. The van der Waals surface area contributed by atoms with Gasteiger partial charge in [-0.1, -0.05) is 11.6 Å². The standard InChI is InChI=1S/C12H15ClN4O2S2/c1-8-6-10(20-11(8)13)21(18,19)15-4-5-17-7-14-16-12(17)9-2-3-9/h6-7,9,15H,2-5H2,1H3. The lowest BCUT2D eigenvalue weighted by atomic mass is 10.4. The summed E-state index contributed by atoms with van der Waals surface area (Å²) in [5, 5.41) is 7.98. The van der Waals surface area contributed by atoms with E-state index < -0.39 is 10.0 Å². The first-order valence-corrected chi connectivity index (χ1v) is 9.28. The van der Waals surface area contributed by atoms with Gasteiger partial charge in [0.05, 0.1) is 4.34 Å². The predicted octanol–water partition coefficient (Wildman–Crippen LogP) is 2.16. The van der Waals surface area contributed by atoms with Crippen LogP contribution in [0.3, 0.4) is 0 Å². The van der Waals surface area contributed by atoms with Gasteiger partial charge in [-0.25, -0.2) is 13.1 Å². The molecule has 0 radical (unpaired) electrons. The number of aromatic nitrogens is 3. The molecule has 0 amide bonds. The number of hydrogen-bond donors (Lipinski definition) is 1. The minimum atomic E-state index is -3.50. The molecule has 1 aliphatic carbocycles. The second kappa shape index (κ2) is 5.68. The third kappa shape index (κ3) is 3.28. The third-order valence-electron chi connectivity index (χ3n) is 3.33. The molecular formula is C12H15ClN4O2S2. The Morgan fingerprint density at radius 3 is 2.90 bits per heavy atom. The van der Waals surface area contributed by atoms with Gasteiger partial charge in [-0.2, -0.15) is 0 Å². The number of aryl methyl sites for hydroxylation is 1. The first kappa shape index (κ1) is 15.0. The molecule has 0 spiro atoms. The van der Waals surface area contributed by atoms with Gasteiger partial charge in [0, 0.05) is 19.0 Å². The van der Waals surface area contributed by atoms with Gasteiger partial charge in [0.2, 0.25) is 10.0 Å². The van der Waals surface area contributed by atoms with E-state index in [0.29, 0.717) is 23.3 Å². The number of hydrogen-bond acceptors (Lipinski definition) is 5. The molecule has 0 unspecified atom stereocenters. The van der Waals surface area contributed by atoms with Crippen molar-refractivity contribution in [2.24, 2.45) is 0 Å². The zero-order chi connectivity index (χ0) is 15.0. The van der Waals surface area contributed by atoms with Crippen molar-refractivity contribution in [3.05, 3.63) is 28.1 Å². The summed E-state index contributed by atoms with van der Waals surface area (Å²) in [7, 11) is -3.50. The quantitative estimate of drug-likeness (QED) is 0.869. The van der Waals surface area contributed by atoms with Gasteiger partial charge in [0.25, 0.3) is 0 Å². The average molecular weight is 347 g/mol. The Kier molecular flexibility index (Phi) is 4.04. The maximum Gasteiger partial charge on any atom is 0.250 e. The molecule has 2 aromatic rings. The maximum absolute atomic E-state index is 12.2. The number of nitrogens with one attached hydrogen (secondary N) is 1. The van der Waals surface area contributed by atoms with E-state index in [9.17, 15) is 8.42 Å². The topological polar surface area (TPSA) is 76.9 Å². The lowest BCUT2D eigenvalue weighted by Gasteiger charge is -2.07. The van der Waals surface area contributed by atoms with Crippen molar-refractivity contribution in [1.82, 2.24) is 19.5 Å². The second-order valence-electron chi connectivity index (χ2n) is 5.08. The molecule has 21 heavy (non-hydrogen) atoms. The summed E-state index contributed by atoms with van der Waals surface area (Å²) in [4.78, 5) is 0. The molecule has 0 saturated heterocycles. The number of halogens is 1. The van der Waals surface area contributed by atoms with Crippen molar-refractivity contribution in [2.45, 2.75) is 36.4 Å². The first-order chi connectivity index (χ1) is 9.97. The summed E-state index contributed by atoms with van der Waals surface area (Å²) in [6, 6.07) is 1.59. The van der Waals surface area contributed by atoms with Crippen LogP contribution in [0, 0.1) is 6.92 Å². The summed E-state index contributed by atoms with van der Waals surface area (Å²) in [6.07, 6.45) is 3.92. The Morgan fingerprint density at radius 2 is 2.29 bits per heavy atom. The van der Waals surface area contributed by atoms with Gasteiger partial charge in [-0.05, 0) is 31.4 Å². The summed E-state index contributed by atoms with van der Waals surface area (Å²) in [5.41, 5.74) is 0.775. The van der Waals surface area contributed by atoms with E-state index >= 15 is 0 Å². The molecular weight excluding hydrogens is 332 g/mol. The van der Waals surface area contributed by atoms with Gasteiger partial charge >= 0.3 is 0 Å². The highest BCUT2D eigenvalue weighted by atomic mass is 35.5. The van der Waals surface area contributed by atoms with Crippen molar-refractivity contribution in [1.29, 1.82) is 0 Å². The minimum Gasteiger partial charge on any atom is -0.316 e. The molecule has 1 aliphatic rings. The second-order valence-corrected chi connectivity index (χ2v) is 8.72. The SMILES string of the molecule is Cc1cc(S(=O)(=O)NCCn2cnnc2C2CC2)sc1Cl. The van der Waals surface area contributed by atoms with Crippen LogP contribution < -0.4 is 4.72 Å². The van der Waals surface area contributed by atoms with Crippen LogP contribution in [0.25, 0.3) is 0 Å². The third-order valence-corrected chi connectivity index (χ3v) is 6.82. The summed E-state index contributed by atoms with van der Waals surface area (Å²) >= 11 is 6.99. The predicted molar refractivity (Wildman–Crippen MR) is 81.3 cm³/mol. The van der Waals surface area contributed by atoms with Crippen molar-refractivity contribution >= 4 is 33.0 Å². The minimum absolute atomic E-state index is 0.246. The van der Waals surface area contributed by atoms with Gasteiger partial charge in [0.1, 0.15) is 16.4 Å². The fourth-order valence-corrected chi connectivity index (χ4v) is 4.80. The monoisotopic (exact) mass is 346 g/mol. The van der Waals surface area contributed by atoms with Crippen LogP contribution in [0.15, 0.2) is 16.6 Å². The molecule has 1 fully saturated rings. The molecule has 6 nitrogen and oxygen atoms in total. The molecule has 0 aromatic carbocycles. The van der Waals surface area contributed by atoms with E-state index in [2.05, 4.69) is 14.9 Å². The van der Waals surface area contributed by atoms with Crippen LogP contribution in [-0.2, 0) is 16.6 Å². The van der Waals surface area contributed by atoms with Gasteiger partial charge in [0.15, 0.2) is 0 Å². The number of thiophene rings is 1. The van der Waals surface area contributed by atoms with E-state index in [1.165, 1.54) is 0 Å². The van der Waals surface area contributed by atoms with E-state index in [-0.39, 0.29) is 4.21 Å². The van der Waals surface area contributed by atoms with E-state index in [4.69, 9.17) is 11.6 Å². The highest BCUT2D eigenvalue weighted by Gasteiger charge is 2.28. The van der Waals surface area contributed by atoms with Gasteiger partial charge < -0.3 is 4.57 Å². The molecule has 3 rings (SSSR count). The van der Waals surface area contributed by atoms with E-state index in [1.54, 1.807) is 19.3 Å². The largest absolute Gasteiger partial charge is 0.316 e. The lowest BCUT2D eigenvalue weighted by Crippen LogP contribution is -2.27. The molecule has 0 aliphatic heterocycles.